The van der Waals surface area contributed by atoms with Crippen LogP contribution in [0.1, 0.15) is 35.4 Å². The summed E-state index contributed by atoms with van der Waals surface area (Å²) in [5.41, 5.74) is 5.51. The molecule has 0 unspecified atom stereocenters. The van der Waals surface area contributed by atoms with E-state index in [0.29, 0.717) is 6.04 Å². The van der Waals surface area contributed by atoms with Crippen LogP contribution in [0.4, 0.5) is 0 Å². The number of hydrogen-bond donors (Lipinski definition) is 1. The van der Waals surface area contributed by atoms with Gasteiger partial charge in [-0.15, -0.1) is 0 Å². The van der Waals surface area contributed by atoms with Gasteiger partial charge in [-0.2, -0.15) is 0 Å². The molecular weight excluding hydrogens is 248 g/mol. The van der Waals surface area contributed by atoms with Crippen molar-refractivity contribution in [2.24, 2.45) is 0 Å². The number of pyridine rings is 1. The first kappa shape index (κ1) is 13.2. The molecule has 1 fully saturated rings. The molecule has 1 N–H and O–H groups in total. The van der Waals surface area contributed by atoms with Gasteiger partial charge >= 0.3 is 0 Å². The van der Waals surface area contributed by atoms with Crippen molar-refractivity contribution in [3.05, 3.63) is 41.0 Å². The predicted octanol–water partition coefficient (Wildman–Crippen LogP) is 2.72. The van der Waals surface area contributed by atoms with Crippen LogP contribution in [0.5, 0.6) is 0 Å². The van der Waals surface area contributed by atoms with Crippen molar-refractivity contribution in [2.45, 2.75) is 46.2 Å². The molecule has 0 radical (unpaired) electrons. The van der Waals surface area contributed by atoms with E-state index in [1.165, 1.54) is 18.4 Å². The van der Waals surface area contributed by atoms with Crippen molar-refractivity contribution in [3.63, 3.8) is 0 Å². The summed E-state index contributed by atoms with van der Waals surface area (Å²) in [7, 11) is 0. The van der Waals surface area contributed by atoms with Gasteiger partial charge in [0.1, 0.15) is 0 Å². The first-order valence-electron chi connectivity index (χ1n) is 7.13. The molecule has 1 aliphatic carbocycles. The number of nitrogens with zero attached hydrogens (tertiary/aromatic N) is 3. The van der Waals surface area contributed by atoms with Gasteiger partial charge in [0.25, 0.3) is 0 Å². The fraction of sp³-hybridized carbons (Fsp3) is 0.438. The second-order valence-electron chi connectivity index (χ2n) is 5.54. The lowest BCUT2D eigenvalue weighted by molar-refractivity contribution is 0.675. The molecule has 3 rings (SSSR count). The number of nitrogens with one attached hydrogen (secondary N) is 1. The molecule has 0 aliphatic heterocycles. The Kier molecular flexibility index (Phi) is 3.49. The highest BCUT2D eigenvalue weighted by molar-refractivity contribution is 5.58. The van der Waals surface area contributed by atoms with Crippen LogP contribution in [0.3, 0.4) is 0 Å². The van der Waals surface area contributed by atoms with Crippen molar-refractivity contribution in [1.29, 1.82) is 0 Å². The molecule has 0 saturated heterocycles. The topological polar surface area (TPSA) is 50.7 Å². The number of aryl methyl sites for hydroxylation is 3. The summed E-state index contributed by atoms with van der Waals surface area (Å²) in [6.45, 7) is 7.06. The van der Waals surface area contributed by atoms with Crippen LogP contribution >= 0.6 is 0 Å². The van der Waals surface area contributed by atoms with E-state index in [-0.39, 0.29) is 0 Å². The molecule has 2 aromatic rings. The molecule has 0 bridgehead atoms. The smallest absolute Gasteiger partial charge is 0.161 e. The Balaban J connectivity index is 1.92. The molecule has 2 aromatic heterocycles. The molecule has 4 nitrogen and oxygen atoms in total. The fourth-order valence-corrected chi connectivity index (χ4v) is 2.35. The third kappa shape index (κ3) is 2.70. The summed E-state index contributed by atoms with van der Waals surface area (Å²) in [4.78, 5) is 13.5. The maximum Gasteiger partial charge on any atom is 0.161 e. The summed E-state index contributed by atoms with van der Waals surface area (Å²) >= 11 is 0. The minimum atomic E-state index is 0.703. The van der Waals surface area contributed by atoms with Crippen LogP contribution in [0.25, 0.3) is 11.4 Å². The van der Waals surface area contributed by atoms with Gasteiger partial charge in [-0.05, 0) is 45.2 Å². The van der Waals surface area contributed by atoms with Crippen LogP contribution in [-0.4, -0.2) is 21.0 Å². The predicted molar refractivity (Wildman–Crippen MR) is 79.3 cm³/mol. The van der Waals surface area contributed by atoms with Crippen LogP contribution in [0, 0.1) is 20.8 Å². The standard InChI is InChI=1S/C16H20N4/c1-10-6-7-17-8-14(10)16-19-11(2)15(12(3)20-16)9-18-13-4-5-13/h6-8,13,18H,4-5,9H2,1-3H3. The fourth-order valence-electron chi connectivity index (χ4n) is 2.35. The Morgan fingerprint density at radius 2 is 1.85 bits per heavy atom. The van der Waals surface area contributed by atoms with E-state index in [1.807, 2.05) is 12.3 Å². The first-order valence-corrected chi connectivity index (χ1v) is 7.13. The van der Waals surface area contributed by atoms with Gasteiger partial charge in [0.2, 0.25) is 0 Å². The van der Waals surface area contributed by atoms with Crippen molar-refractivity contribution in [3.8, 4) is 11.4 Å². The van der Waals surface area contributed by atoms with E-state index < -0.39 is 0 Å². The third-order valence-electron chi connectivity index (χ3n) is 3.85. The van der Waals surface area contributed by atoms with Crippen molar-refractivity contribution < 1.29 is 0 Å². The highest BCUT2D eigenvalue weighted by atomic mass is 15.0. The molecule has 2 heterocycles. The molecule has 0 amide bonds. The normalized spacial score (nSPS) is 14.6. The zero-order valence-corrected chi connectivity index (χ0v) is 12.3. The lowest BCUT2D eigenvalue weighted by Crippen LogP contribution is -2.18. The Morgan fingerprint density at radius 3 is 2.45 bits per heavy atom. The van der Waals surface area contributed by atoms with Crippen LogP contribution in [-0.2, 0) is 6.54 Å². The zero-order valence-electron chi connectivity index (χ0n) is 12.3. The summed E-state index contributed by atoms with van der Waals surface area (Å²) in [6.07, 6.45) is 6.23. The lowest BCUT2D eigenvalue weighted by Gasteiger charge is -2.12. The Bertz CT molecular complexity index is 609. The van der Waals surface area contributed by atoms with E-state index in [0.717, 1.165) is 34.9 Å². The van der Waals surface area contributed by atoms with Crippen LogP contribution < -0.4 is 5.32 Å². The summed E-state index contributed by atoms with van der Waals surface area (Å²) in [5.74, 6) is 0.778. The van der Waals surface area contributed by atoms with E-state index in [1.54, 1.807) is 6.20 Å². The number of aromatic nitrogens is 3. The Morgan fingerprint density at radius 1 is 1.15 bits per heavy atom. The average Bonchev–Trinajstić information content (AvgIpc) is 3.22. The van der Waals surface area contributed by atoms with Gasteiger partial charge < -0.3 is 5.32 Å². The van der Waals surface area contributed by atoms with Crippen molar-refractivity contribution >= 4 is 0 Å². The Hall–Kier alpha value is -1.81. The molecule has 1 aliphatic rings. The molecule has 0 spiro atoms. The maximum absolute atomic E-state index is 4.67. The first-order chi connectivity index (χ1) is 9.65. The molecule has 0 atom stereocenters. The lowest BCUT2D eigenvalue weighted by atomic mass is 10.1. The second-order valence-corrected chi connectivity index (χ2v) is 5.54. The van der Waals surface area contributed by atoms with Crippen LogP contribution in [0.2, 0.25) is 0 Å². The summed E-state index contributed by atoms with van der Waals surface area (Å²) in [6, 6.07) is 2.69. The highest BCUT2D eigenvalue weighted by Gasteiger charge is 2.21. The maximum atomic E-state index is 4.67. The summed E-state index contributed by atoms with van der Waals surface area (Å²) in [5, 5.41) is 3.53. The quantitative estimate of drug-likeness (QED) is 0.926. The molecule has 104 valence electrons. The van der Waals surface area contributed by atoms with Gasteiger partial charge in [-0.3, -0.25) is 4.98 Å². The van der Waals surface area contributed by atoms with E-state index >= 15 is 0 Å². The second kappa shape index (κ2) is 5.29. The van der Waals surface area contributed by atoms with Crippen LogP contribution in [0.15, 0.2) is 18.5 Å². The van der Waals surface area contributed by atoms with Gasteiger partial charge in [0.05, 0.1) is 0 Å². The molecule has 4 heteroatoms. The van der Waals surface area contributed by atoms with Gasteiger partial charge in [0.15, 0.2) is 5.82 Å². The Labute approximate surface area is 119 Å². The monoisotopic (exact) mass is 268 g/mol. The highest BCUT2D eigenvalue weighted by Crippen LogP contribution is 2.23. The number of rotatable bonds is 4. The van der Waals surface area contributed by atoms with Gasteiger partial charge in [-0.25, -0.2) is 9.97 Å². The third-order valence-corrected chi connectivity index (χ3v) is 3.85. The minimum absolute atomic E-state index is 0.703. The van der Waals surface area contributed by atoms with Gasteiger partial charge in [0, 0.05) is 47.5 Å². The molecule has 20 heavy (non-hydrogen) atoms. The van der Waals surface area contributed by atoms with Crippen molar-refractivity contribution in [1.82, 2.24) is 20.3 Å². The minimum Gasteiger partial charge on any atom is -0.310 e. The van der Waals surface area contributed by atoms with Crippen molar-refractivity contribution in [2.75, 3.05) is 0 Å². The SMILES string of the molecule is Cc1ccncc1-c1nc(C)c(CNC2CC2)c(C)n1. The van der Waals surface area contributed by atoms with E-state index in [2.05, 4.69) is 41.0 Å². The zero-order chi connectivity index (χ0) is 14.1. The van der Waals surface area contributed by atoms with E-state index in [9.17, 15) is 0 Å². The largest absolute Gasteiger partial charge is 0.310 e. The summed E-state index contributed by atoms with van der Waals surface area (Å²) < 4.78 is 0. The average molecular weight is 268 g/mol. The number of hydrogen-bond acceptors (Lipinski definition) is 4. The van der Waals surface area contributed by atoms with E-state index in [4.69, 9.17) is 0 Å². The molecule has 0 aromatic carbocycles. The molecule has 1 saturated carbocycles. The van der Waals surface area contributed by atoms with Gasteiger partial charge in [-0.1, -0.05) is 0 Å². The molecular formula is C16H20N4.